The van der Waals surface area contributed by atoms with E-state index in [-0.39, 0.29) is 5.91 Å². The highest BCUT2D eigenvalue weighted by atomic mass is 32.2. The van der Waals surface area contributed by atoms with Crippen LogP contribution in [-0.4, -0.2) is 26.7 Å². The van der Waals surface area contributed by atoms with Crippen molar-refractivity contribution in [2.24, 2.45) is 7.05 Å². The minimum absolute atomic E-state index is 0.325. The highest BCUT2D eigenvalue weighted by Gasteiger charge is 2.25. The number of amides is 1. The van der Waals surface area contributed by atoms with Gasteiger partial charge in [-0.15, -0.1) is 11.8 Å². The molecular formula is C18H17FN4OS. The van der Waals surface area contributed by atoms with Crippen molar-refractivity contribution < 1.29 is 9.18 Å². The number of rotatable bonds is 5. The van der Waals surface area contributed by atoms with Crippen LogP contribution in [0.1, 0.15) is 27.8 Å². The Labute approximate surface area is 149 Å². The Hall–Kier alpha value is -2.67. The number of hydrogen-bond donors (Lipinski definition) is 1. The van der Waals surface area contributed by atoms with Crippen molar-refractivity contribution in [3.63, 3.8) is 0 Å². The lowest BCUT2D eigenvalue weighted by Gasteiger charge is -2.20. The Kier molecular flexibility index (Phi) is 5.14. The fraction of sp³-hybridized carbons (Fsp3) is 0.167. The second kappa shape index (κ2) is 7.48. The monoisotopic (exact) mass is 356 g/mol. The standard InChI is InChI=1S/C18H17FN4OS/c1-23-11-10-20-16(23)15(12-6-3-4-8-14(12)19)22-17(24)13-7-5-9-21-18(13)25-2/h3-11,15H,1-2H3,(H,22,24)/t15-/m0/s1. The Bertz CT molecular complexity index is 896. The van der Waals surface area contributed by atoms with E-state index in [9.17, 15) is 9.18 Å². The molecule has 0 aliphatic rings. The smallest absolute Gasteiger partial charge is 0.254 e. The molecule has 0 spiro atoms. The summed E-state index contributed by atoms with van der Waals surface area (Å²) in [5.41, 5.74) is 0.810. The molecular weight excluding hydrogens is 339 g/mol. The third-order valence-electron chi connectivity index (χ3n) is 3.82. The first-order valence-electron chi connectivity index (χ1n) is 7.63. The number of nitrogens with one attached hydrogen (secondary N) is 1. The van der Waals surface area contributed by atoms with Crippen LogP contribution < -0.4 is 5.32 Å². The van der Waals surface area contributed by atoms with E-state index in [1.165, 1.54) is 17.8 Å². The van der Waals surface area contributed by atoms with Crippen LogP contribution in [0.4, 0.5) is 4.39 Å². The molecule has 0 bridgehead atoms. The van der Waals surface area contributed by atoms with Gasteiger partial charge in [-0.25, -0.2) is 14.4 Å². The van der Waals surface area contributed by atoms with E-state index in [1.807, 2.05) is 6.26 Å². The summed E-state index contributed by atoms with van der Waals surface area (Å²) in [6.45, 7) is 0. The number of pyridine rings is 1. The maximum atomic E-state index is 14.4. The molecule has 1 aromatic carbocycles. The molecule has 2 heterocycles. The summed E-state index contributed by atoms with van der Waals surface area (Å²) in [6, 6.07) is 9.06. The van der Waals surface area contributed by atoms with E-state index in [0.29, 0.717) is 22.0 Å². The fourth-order valence-electron chi connectivity index (χ4n) is 2.58. The van der Waals surface area contributed by atoms with E-state index < -0.39 is 11.9 Å². The SMILES string of the molecule is CSc1ncccc1C(=O)N[C@@H](c1ccccc1F)c1nccn1C. The molecule has 2 aromatic heterocycles. The molecule has 3 aromatic rings. The molecule has 0 aliphatic heterocycles. The molecule has 25 heavy (non-hydrogen) atoms. The Morgan fingerprint density at radius 1 is 1.20 bits per heavy atom. The number of aryl methyl sites for hydroxylation is 1. The number of benzene rings is 1. The summed E-state index contributed by atoms with van der Waals surface area (Å²) >= 11 is 1.38. The molecule has 128 valence electrons. The van der Waals surface area contributed by atoms with Gasteiger partial charge in [0.1, 0.15) is 22.7 Å². The Morgan fingerprint density at radius 3 is 2.68 bits per heavy atom. The highest BCUT2D eigenvalue weighted by Crippen LogP contribution is 2.25. The molecule has 0 unspecified atom stereocenters. The number of hydrogen-bond acceptors (Lipinski definition) is 4. The van der Waals surface area contributed by atoms with Gasteiger partial charge in [-0.1, -0.05) is 18.2 Å². The van der Waals surface area contributed by atoms with Gasteiger partial charge in [0.2, 0.25) is 0 Å². The Morgan fingerprint density at radius 2 is 2.00 bits per heavy atom. The lowest BCUT2D eigenvalue weighted by molar-refractivity contribution is 0.0937. The normalized spacial score (nSPS) is 12.0. The third-order valence-corrected chi connectivity index (χ3v) is 4.53. The van der Waals surface area contributed by atoms with Crippen LogP contribution in [0.2, 0.25) is 0 Å². The van der Waals surface area contributed by atoms with E-state index in [4.69, 9.17) is 0 Å². The zero-order valence-electron chi connectivity index (χ0n) is 13.8. The van der Waals surface area contributed by atoms with Crippen molar-refractivity contribution in [1.29, 1.82) is 0 Å². The minimum Gasteiger partial charge on any atom is -0.338 e. The highest BCUT2D eigenvalue weighted by molar-refractivity contribution is 7.98. The minimum atomic E-state index is -0.705. The molecule has 0 aliphatic carbocycles. The van der Waals surface area contributed by atoms with Crippen molar-refractivity contribution in [3.05, 3.63) is 77.8 Å². The molecule has 3 rings (SSSR count). The summed E-state index contributed by atoms with van der Waals surface area (Å²) in [4.78, 5) is 21.3. The lowest BCUT2D eigenvalue weighted by Crippen LogP contribution is -2.32. The van der Waals surface area contributed by atoms with E-state index in [2.05, 4.69) is 15.3 Å². The molecule has 7 heteroatoms. The van der Waals surface area contributed by atoms with Crippen molar-refractivity contribution in [1.82, 2.24) is 19.9 Å². The molecule has 0 saturated heterocycles. The van der Waals surface area contributed by atoms with E-state index in [0.717, 1.165) is 0 Å². The molecule has 1 atom stereocenters. The van der Waals surface area contributed by atoms with Crippen LogP contribution in [-0.2, 0) is 7.05 Å². The quantitative estimate of drug-likeness (QED) is 0.713. The second-order valence-electron chi connectivity index (χ2n) is 5.38. The number of nitrogens with zero attached hydrogens (tertiary/aromatic N) is 3. The topological polar surface area (TPSA) is 59.8 Å². The van der Waals surface area contributed by atoms with Crippen molar-refractivity contribution in [2.75, 3.05) is 6.26 Å². The predicted molar refractivity (Wildman–Crippen MR) is 94.9 cm³/mol. The predicted octanol–water partition coefficient (Wildman–Crippen LogP) is 3.20. The largest absolute Gasteiger partial charge is 0.338 e. The van der Waals surface area contributed by atoms with Gasteiger partial charge in [-0.3, -0.25) is 4.79 Å². The first-order valence-corrected chi connectivity index (χ1v) is 8.85. The first-order chi connectivity index (χ1) is 12.1. The van der Waals surface area contributed by atoms with Crippen LogP contribution >= 0.6 is 11.8 Å². The van der Waals surface area contributed by atoms with Gasteiger partial charge >= 0.3 is 0 Å². The van der Waals surface area contributed by atoms with Gasteiger partial charge in [-0.2, -0.15) is 0 Å². The molecule has 0 saturated carbocycles. The molecule has 1 amide bonds. The zero-order valence-corrected chi connectivity index (χ0v) is 14.6. The number of thioether (sulfide) groups is 1. The Balaban J connectivity index is 2.00. The van der Waals surface area contributed by atoms with Crippen LogP contribution in [0.3, 0.4) is 0 Å². The molecule has 0 radical (unpaired) electrons. The van der Waals surface area contributed by atoms with E-state index in [1.54, 1.807) is 60.5 Å². The number of imidazole rings is 1. The second-order valence-corrected chi connectivity index (χ2v) is 6.18. The maximum Gasteiger partial charge on any atom is 0.254 e. The lowest BCUT2D eigenvalue weighted by atomic mass is 10.0. The zero-order chi connectivity index (χ0) is 17.8. The number of aromatic nitrogens is 3. The molecule has 0 fully saturated rings. The van der Waals surface area contributed by atoms with Crippen molar-refractivity contribution >= 4 is 17.7 Å². The van der Waals surface area contributed by atoms with Gasteiger partial charge in [0, 0.05) is 31.2 Å². The van der Waals surface area contributed by atoms with Crippen LogP contribution in [0.25, 0.3) is 0 Å². The van der Waals surface area contributed by atoms with Gasteiger partial charge in [0.15, 0.2) is 0 Å². The maximum absolute atomic E-state index is 14.4. The summed E-state index contributed by atoms with van der Waals surface area (Å²) in [5, 5.41) is 3.51. The average Bonchev–Trinajstić information content (AvgIpc) is 3.06. The summed E-state index contributed by atoms with van der Waals surface area (Å²) in [7, 11) is 1.81. The summed E-state index contributed by atoms with van der Waals surface area (Å²) in [5.74, 6) is -0.172. The van der Waals surface area contributed by atoms with Gasteiger partial charge in [0.05, 0.1) is 5.56 Å². The van der Waals surface area contributed by atoms with Gasteiger partial charge < -0.3 is 9.88 Å². The van der Waals surface area contributed by atoms with Crippen LogP contribution in [0, 0.1) is 5.82 Å². The number of carbonyl (C=O) groups is 1. The summed E-state index contributed by atoms with van der Waals surface area (Å²) in [6.07, 6.45) is 6.86. The molecule has 5 nitrogen and oxygen atoms in total. The molecule has 1 N–H and O–H groups in total. The van der Waals surface area contributed by atoms with Gasteiger partial charge in [0.25, 0.3) is 5.91 Å². The van der Waals surface area contributed by atoms with E-state index >= 15 is 0 Å². The number of halogens is 1. The van der Waals surface area contributed by atoms with Gasteiger partial charge in [-0.05, 0) is 24.5 Å². The fourth-order valence-corrected chi connectivity index (χ4v) is 3.13. The third kappa shape index (κ3) is 3.56. The first kappa shape index (κ1) is 17.2. The average molecular weight is 356 g/mol. The van der Waals surface area contributed by atoms with Crippen molar-refractivity contribution in [3.8, 4) is 0 Å². The summed E-state index contributed by atoms with van der Waals surface area (Å²) < 4.78 is 16.1. The van der Waals surface area contributed by atoms with Crippen LogP contribution in [0.5, 0.6) is 0 Å². The van der Waals surface area contributed by atoms with Crippen LogP contribution in [0.15, 0.2) is 60.0 Å². The van der Waals surface area contributed by atoms with Crippen molar-refractivity contribution in [2.45, 2.75) is 11.1 Å². The number of carbonyl (C=O) groups excluding carboxylic acids is 1.